The Morgan fingerprint density at radius 1 is 0.889 bits per heavy atom. The number of aliphatic hydroxyl groups excluding tert-OH is 1. The van der Waals surface area contributed by atoms with Gasteiger partial charge in [0.25, 0.3) is 30.4 Å². The van der Waals surface area contributed by atoms with Crippen LogP contribution in [0.1, 0.15) is 6.92 Å². The molecule has 0 spiro atoms. The maximum atomic E-state index is 10.9. The van der Waals surface area contributed by atoms with E-state index in [1.807, 2.05) is 0 Å². The van der Waals surface area contributed by atoms with Gasteiger partial charge in [0, 0.05) is 0 Å². The Labute approximate surface area is 104 Å². The molecule has 0 bridgehead atoms. The molecular formula is C5H12O10S3. The van der Waals surface area contributed by atoms with Gasteiger partial charge in [-0.3, -0.25) is 13.7 Å². The summed E-state index contributed by atoms with van der Waals surface area (Å²) >= 11 is 0. The smallest absolute Gasteiger partial charge is 0.271 e. The first-order valence-electron chi connectivity index (χ1n) is 4.22. The second-order valence-corrected chi connectivity index (χ2v) is 8.23. The van der Waals surface area contributed by atoms with Gasteiger partial charge in [-0.2, -0.15) is 25.3 Å². The van der Waals surface area contributed by atoms with E-state index in [2.05, 4.69) is 0 Å². The van der Waals surface area contributed by atoms with Crippen molar-refractivity contribution < 1.29 is 44.0 Å². The largest absolute Gasteiger partial charge is 0.392 e. The van der Waals surface area contributed by atoms with E-state index in [1.165, 1.54) is 0 Å². The Morgan fingerprint density at radius 2 is 1.28 bits per heavy atom. The highest BCUT2D eigenvalue weighted by molar-refractivity contribution is 7.92. The van der Waals surface area contributed by atoms with Crippen molar-refractivity contribution >= 4 is 30.4 Å². The highest BCUT2D eigenvalue weighted by atomic mass is 32.2. The first-order chi connectivity index (χ1) is 7.66. The van der Waals surface area contributed by atoms with Gasteiger partial charge in [0.2, 0.25) is 0 Å². The average Bonchev–Trinajstić information content (AvgIpc) is 1.94. The van der Waals surface area contributed by atoms with Gasteiger partial charge in [-0.05, 0) is 6.92 Å². The van der Waals surface area contributed by atoms with Crippen molar-refractivity contribution in [3.8, 4) is 0 Å². The van der Waals surface area contributed by atoms with Crippen LogP contribution in [0, 0.1) is 0 Å². The van der Waals surface area contributed by atoms with E-state index in [-0.39, 0.29) is 0 Å². The summed E-state index contributed by atoms with van der Waals surface area (Å²) < 4.78 is 90.7. The van der Waals surface area contributed by atoms with E-state index in [4.69, 9.17) is 18.8 Å². The van der Waals surface area contributed by atoms with E-state index < -0.39 is 52.7 Å². The van der Waals surface area contributed by atoms with Gasteiger partial charge in [0.05, 0.1) is 11.9 Å². The molecule has 0 amide bonds. The molecule has 0 fully saturated rings. The average molecular weight is 328 g/mol. The minimum Gasteiger partial charge on any atom is -0.392 e. The lowest BCUT2D eigenvalue weighted by atomic mass is 10.2. The van der Waals surface area contributed by atoms with Crippen LogP contribution in [0.5, 0.6) is 0 Å². The van der Waals surface area contributed by atoms with Crippen LogP contribution < -0.4 is 0 Å². The lowest BCUT2D eigenvalue weighted by Crippen LogP contribution is -2.49. The van der Waals surface area contributed by atoms with Crippen molar-refractivity contribution in [1.82, 2.24) is 0 Å². The number of hydrogen-bond donors (Lipinski definition) is 4. The lowest BCUT2D eigenvalue weighted by molar-refractivity contribution is 0.181. The summed E-state index contributed by atoms with van der Waals surface area (Å²) in [4.78, 5) is 0. The van der Waals surface area contributed by atoms with Crippen molar-refractivity contribution in [2.24, 2.45) is 0 Å². The zero-order valence-electron chi connectivity index (χ0n) is 8.90. The molecule has 110 valence electrons. The molecule has 0 aromatic rings. The maximum absolute atomic E-state index is 10.9. The fraction of sp³-hybridized carbons (Fsp3) is 1.00. The van der Waals surface area contributed by atoms with E-state index >= 15 is 0 Å². The van der Waals surface area contributed by atoms with Crippen LogP contribution in [-0.4, -0.2) is 66.4 Å². The molecule has 0 aliphatic carbocycles. The van der Waals surface area contributed by atoms with Crippen molar-refractivity contribution in [3.63, 3.8) is 0 Å². The van der Waals surface area contributed by atoms with Crippen LogP contribution in [-0.2, 0) is 30.4 Å². The van der Waals surface area contributed by atoms with E-state index in [0.29, 0.717) is 0 Å². The Hall–Kier alpha value is -0.310. The summed E-state index contributed by atoms with van der Waals surface area (Å²) in [6.07, 6.45) is -2.01. The first kappa shape index (κ1) is 17.7. The predicted molar refractivity (Wildman–Crippen MR) is 58.8 cm³/mol. The van der Waals surface area contributed by atoms with E-state index in [1.54, 1.807) is 0 Å². The van der Waals surface area contributed by atoms with Gasteiger partial charge >= 0.3 is 0 Å². The number of hydrogen-bond acceptors (Lipinski definition) is 7. The molecule has 10 nitrogen and oxygen atoms in total. The molecule has 0 saturated carbocycles. The van der Waals surface area contributed by atoms with E-state index in [0.717, 1.165) is 6.92 Å². The summed E-state index contributed by atoms with van der Waals surface area (Å²) in [5.74, 6) is -1.69. The van der Waals surface area contributed by atoms with Crippen LogP contribution in [0.2, 0.25) is 0 Å². The van der Waals surface area contributed by atoms with Crippen LogP contribution in [0.25, 0.3) is 0 Å². The predicted octanol–water partition coefficient (Wildman–Crippen LogP) is -2.23. The normalized spacial score (nSPS) is 19.2. The summed E-state index contributed by atoms with van der Waals surface area (Å²) in [7, 11) is -15.4. The Morgan fingerprint density at radius 3 is 1.44 bits per heavy atom. The van der Waals surface area contributed by atoms with Crippen LogP contribution in [0.4, 0.5) is 0 Å². The number of rotatable bonds is 6. The molecular weight excluding hydrogens is 316 g/mol. The quantitative estimate of drug-likeness (QED) is 0.389. The standard InChI is InChI=1S/C5H12O10S3/c1-3(6)5(18(13,14)15)4(17(10,11)12)2-16(7,8)9/h3-6H,2H2,1H3,(H,7,8,9)(H,10,11,12)(H,13,14,15). The Balaban J connectivity index is 5.86. The van der Waals surface area contributed by atoms with Gasteiger partial charge < -0.3 is 5.11 Å². The molecule has 3 atom stereocenters. The summed E-state index contributed by atoms with van der Waals surface area (Å²) in [6, 6.07) is 0. The molecule has 18 heavy (non-hydrogen) atoms. The highest BCUT2D eigenvalue weighted by Crippen LogP contribution is 2.18. The van der Waals surface area contributed by atoms with Crippen LogP contribution in [0.3, 0.4) is 0 Å². The SMILES string of the molecule is CC(O)C(C(CS(=O)(=O)O)S(=O)(=O)O)S(=O)(=O)O. The van der Waals surface area contributed by atoms with Crippen molar-refractivity contribution in [1.29, 1.82) is 0 Å². The zero-order chi connectivity index (χ0) is 14.9. The Kier molecular flexibility index (Phi) is 5.27. The molecule has 0 radical (unpaired) electrons. The van der Waals surface area contributed by atoms with Crippen LogP contribution in [0.15, 0.2) is 0 Å². The molecule has 0 heterocycles. The molecule has 0 aromatic heterocycles. The summed E-state index contributed by atoms with van der Waals surface area (Å²) in [5, 5.41) is 3.95. The molecule has 0 aromatic carbocycles. The van der Waals surface area contributed by atoms with Gasteiger partial charge in [0.15, 0.2) is 0 Å². The third kappa shape index (κ3) is 5.55. The minimum atomic E-state index is -5.26. The molecule has 0 aliphatic heterocycles. The monoisotopic (exact) mass is 328 g/mol. The van der Waals surface area contributed by atoms with E-state index in [9.17, 15) is 25.3 Å². The molecule has 0 saturated heterocycles. The molecule has 13 heteroatoms. The lowest BCUT2D eigenvalue weighted by Gasteiger charge is -2.23. The molecule has 3 unspecified atom stereocenters. The van der Waals surface area contributed by atoms with Crippen molar-refractivity contribution in [2.75, 3.05) is 5.75 Å². The van der Waals surface area contributed by atoms with Crippen molar-refractivity contribution in [3.05, 3.63) is 0 Å². The third-order valence-corrected chi connectivity index (χ3v) is 5.74. The van der Waals surface area contributed by atoms with Gasteiger partial charge in [0.1, 0.15) is 10.5 Å². The zero-order valence-corrected chi connectivity index (χ0v) is 11.4. The molecule has 4 N–H and O–H groups in total. The first-order valence-corrected chi connectivity index (χ1v) is 8.83. The fourth-order valence-electron chi connectivity index (χ4n) is 1.31. The molecule has 0 rings (SSSR count). The fourth-order valence-corrected chi connectivity index (χ4v) is 5.64. The van der Waals surface area contributed by atoms with Gasteiger partial charge in [-0.25, -0.2) is 0 Å². The second kappa shape index (κ2) is 5.36. The minimum absolute atomic E-state index is 0.764. The molecule has 0 aliphatic rings. The number of aliphatic hydroxyl groups is 1. The van der Waals surface area contributed by atoms with Gasteiger partial charge in [-0.1, -0.05) is 0 Å². The van der Waals surface area contributed by atoms with Crippen LogP contribution >= 0.6 is 0 Å². The summed E-state index contributed by atoms with van der Waals surface area (Å²) in [5.41, 5.74) is 0. The van der Waals surface area contributed by atoms with Gasteiger partial charge in [-0.15, -0.1) is 0 Å². The second-order valence-electron chi connectivity index (χ2n) is 3.52. The topological polar surface area (TPSA) is 183 Å². The Bertz CT molecular complexity index is 581. The van der Waals surface area contributed by atoms with Crippen molar-refractivity contribution in [2.45, 2.75) is 23.5 Å². The maximum Gasteiger partial charge on any atom is 0.271 e. The third-order valence-electron chi connectivity index (χ3n) is 1.94. The highest BCUT2D eigenvalue weighted by Gasteiger charge is 2.45. The summed E-state index contributed by atoms with van der Waals surface area (Å²) in [6.45, 7) is 0.764.